The zero-order valence-electron chi connectivity index (χ0n) is 20.9. The van der Waals surface area contributed by atoms with Crippen LogP contribution in [-0.4, -0.2) is 28.2 Å². The van der Waals surface area contributed by atoms with Gasteiger partial charge >= 0.3 is 11.6 Å². The van der Waals surface area contributed by atoms with Gasteiger partial charge in [0, 0.05) is 28.7 Å². The van der Waals surface area contributed by atoms with Gasteiger partial charge in [0.2, 0.25) is 0 Å². The average Bonchev–Trinajstić information content (AvgIpc) is 3.53. The molecule has 0 spiro atoms. The van der Waals surface area contributed by atoms with E-state index in [4.69, 9.17) is 13.9 Å². The van der Waals surface area contributed by atoms with Crippen LogP contribution in [0.2, 0.25) is 0 Å². The Morgan fingerprint density at radius 2 is 1.82 bits per heavy atom. The number of nitro groups is 1. The van der Waals surface area contributed by atoms with Crippen LogP contribution in [0.5, 0.6) is 11.5 Å². The molecule has 194 valence electrons. The summed E-state index contributed by atoms with van der Waals surface area (Å²) in [4.78, 5) is 23.1. The van der Waals surface area contributed by atoms with E-state index in [1.165, 1.54) is 30.5 Å². The Kier molecular flexibility index (Phi) is 8.02. The van der Waals surface area contributed by atoms with Gasteiger partial charge in [0.25, 0.3) is 0 Å². The number of hydrogen-bond donors (Lipinski definition) is 1. The summed E-state index contributed by atoms with van der Waals surface area (Å²) in [5.41, 5.74) is 5.87. The molecule has 2 heterocycles. The normalized spacial score (nSPS) is 10.9. The van der Waals surface area contributed by atoms with Crippen molar-refractivity contribution >= 4 is 17.8 Å². The van der Waals surface area contributed by atoms with E-state index < -0.39 is 10.8 Å². The monoisotopic (exact) mass is 514 g/mol. The summed E-state index contributed by atoms with van der Waals surface area (Å²) in [6.45, 7) is 7.91. The first-order chi connectivity index (χ1) is 18.4. The maximum Gasteiger partial charge on any atom is 0.311 e. The number of furan rings is 1. The second-order valence-electron chi connectivity index (χ2n) is 8.28. The molecule has 0 atom stereocenters. The maximum absolute atomic E-state index is 12.4. The number of benzene rings is 2. The van der Waals surface area contributed by atoms with Crippen LogP contribution in [0.4, 0.5) is 5.69 Å². The van der Waals surface area contributed by atoms with Crippen LogP contribution >= 0.6 is 0 Å². The third kappa shape index (κ3) is 6.16. The lowest BCUT2D eigenvalue weighted by Gasteiger charge is -2.10. The molecule has 10 nitrogen and oxygen atoms in total. The minimum absolute atomic E-state index is 0.0498. The highest BCUT2D eigenvalue weighted by Gasteiger charge is 2.16. The van der Waals surface area contributed by atoms with Gasteiger partial charge in [-0.3, -0.25) is 14.9 Å². The van der Waals surface area contributed by atoms with Crippen LogP contribution in [0.1, 0.15) is 33.3 Å². The van der Waals surface area contributed by atoms with Gasteiger partial charge in [-0.05, 0) is 74.5 Å². The Morgan fingerprint density at radius 1 is 1.08 bits per heavy atom. The third-order valence-electron chi connectivity index (χ3n) is 5.55. The number of nitrogens with one attached hydrogen (secondary N) is 1. The van der Waals surface area contributed by atoms with Gasteiger partial charge in [-0.25, -0.2) is 5.43 Å². The Bertz CT molecular complexity index is 1460. The summed E-state index contributed by atoms with van der Waals surface area (Å²) in [5, 5.41) is 15.2. The van der Waals surface area contributed by atoms with Crippen molar-refractivity contribution in [3.63, 3.8) is 0 Å². The zero-order valence-corrected chi connectivity index (χ0v) is 20.9. The maximum atomic E-state index is 12.4. The molecule has 4 rings (SSSR count). The molecular weight excluding hydrogens is 488 g/mol. The number of nitro benzene ring substituents is 1. The number of amides is 1. The van der Waals surface area contributed by atoms with Gasteiger partial charge in [0.15, 0.2) is 11.5 Å². The van der Waals surface area contributed by atoms with Crippen molar-refractivity contribution in [1.82, 2.24) is 9.99 Å². The topological polar surface area (TPSA) is 121 Å². The fourth-order valence-electron chi connectivity index (χ4n) is 3.75. The van der Waals surface area contributed by atoms with Crippen LogP contribution in [0.3, 0.4) is 0 Å². The molecule has 0 aliphatic rings. The molecule has 0 unspecified atom stereocenters. The largest absolute Gasteiger partial charge is 0.486 e. The summed E-state index contributed by atoms with van der Waals surface area (Å²) in [5.74, 6) is 0.719. The zero-order chi connectivity index (χ0) is 27.1. The van der Waals surface area contributed by atoms with Gasteiger partial charge in [0.05, 0.1) is 11.1 Å². The molecular formula is C28H26N4O6. The molecule has 10 heteroatoms. The van der Waals surface area contributed by atoms with E-state index in [0.717, 1.165) is 17.1 Å². The molecule has 4 aromatic rings. The van der Waals surface area contributed by atoms with Gasteiger partial charge in [-0.15, -0.1) is 0 Å². The summed E-state index contributed by atoms with van der Waals surface area (Å²) < 4.78 is 18.8. The minimum atomic E-state index is -0.574. The second-order valence-corrected chi connectivity index (χ2v) is 8.28. The quantitative estimate of drug-likeness (QED) is 0.122. The molecule has 0 saturated carbocycles. The molecule has 0 saturated heterocycles. The number of nitrogens with zero attached hydrogens (tertiary/aromatic N) is 3. The van der Waals surface area contributed by atoms with Crippen molar-refractivity contribution in [1.29, 1.82) is 0 Å². The standard InChI is InChI=1S/C28H26N4O6/c1-4-15-36-26-13-7-21(16-25(26)32(34)35)17-29-30-28(33)27-14-12-24(38-27)18-37-23-10-8-22(9-11-23)31-19(2)5-6-20(31)3/h4-14,16-17H,1,15,18H2,2-3H3,(H,30,33)/b29-17+. The third-order valence-corrected chi connectivity index (χ3v) is 5.55. The Hall–Kier alpha value is -5.12. The summed E-state index contributed by atoms with van der Waals surface area (Å²) in [7, 11) is 0. The van der Waals surface area contributed by atoms with Crippen LogP contribution < -0.4 is 14.9 Å². The summed E-state index contributed by atoms with van der Waals surface area (Å²) in [6, 6.07) is 19.3. The van der Waals surface area contributed by atoms with E-state index in [2.05, 4.69) is 47.7 Å². The van der Waals surface area contributed by atoms with Crippen molar-refractivity contribution in [2.75, 3.05) is 6.61 Å². The number of carbonyl (C=O) groups excluding carboxylic acids is 1. The van der Waals surface area contributed by atoms with E-state index in [0.29, 0.717) is 17.1 Å². The van der Waals surface area contributed by atoms with E-state index in [-0.39, 0.29) is 30.4 Å². The molecule has 0 bridgehead atoms. The van der Waals surface area contributed by atoms with E-state index in [1.807, 2.05) is 24.3 Å². The van der Waals surface area contributed by atoms with E-state index in [9.17, 15) is 14.9 Å². The number of rotatable bonds is 11. The molecule has 0 aliphatic carbocycles. The smallest absolute Gasteiger partial charge is 0.311 e. The molecule has 2 aromatic heterocycles. The number of ether oxygens (including phenoxy) is 2. The van der Waals surface area contributed by atoms with Gasteiger partial charge in [-0.2, -0.15) is 5.10 Å². The highest BCUT2D eigenvalue weighted by Crippen LogP contribution is 2.27. The Labute approximate surface area is 219 Å². The Balaban J connectivity index is 1.32. The summed E-state index contributed by atoms with van der Waals surface area (Å²) >= 11 is 0. The molecule has 38 heavy (non-hydrogen) atoms. The fraction of sp³-hybridized carbons (Fsp3) is 0.143. The predicted octanol–water partition coefficient (Wildman–Crippen LogP) is 5.50. The minimum Gasteiger partial charge on any atom is -0.486 e. The van der Waals surface area contributed by atoms with E-state index >= 15 is 0 Å². The highest BCUT2D eigenvalue weighted by molar-refractivity contribution is 5.92. The number of hydrogen-bond acceptors (Lipinski definition) is 7. The van der Waals surface area contributed by atoms with Crippen LogP contribution in [0.15, 0.2) is 88.9 Å². The first kappa shape index (κ1) is 26.0. The lowest BCUT2D eigenvalue weighted by atomic mass is 10.2. The number of aromatic nitrogens is 1. The molecule has 0 radical (unpaired) electrons. The number of aryl methyl sites for hydroxylation is 2. The highest BCUT2D eigenvalue weighted by atomic mass is 16.6. The van der Waals surface area contributed by atoms with Gasteiger partial charge in [-0.1, -0.05) is 12.7 Å². The Morgan fingerprint density at radius 3 is 2.50 bits per heavy atom. The first-order valence-electron chi connectivity index (χ1n) is 11.7. The van der Waals surface area contributed by atoms with Crippen molar-refractivity contribution in [2.24, 2.45) is 5.10 Å². The number of hydrazone groups is 1. The van der Waals surface area contributed by atoms with E-state index in [1.54, 1.807) is 12.1 Å². The predicted molar refractivity (Wildman–Crippen MR) is 142 cm³/mol. The van der Waals surface area contributed by atoms with Crippen molar-refractivity contribution in [3.8, 4) is 17.2 Å². The van der Waals surface area contributed by atoms with Gasteiger partial charge in [0.1, 0.15) is 24.7 Å². The van der Waals surface area contributed by atoms with Gasteiger partial charge < -0.3 is 18.5 Å². The lowest BCUT2D eigenvalue weighted by molar-refractivity contribution is -0.385. The molecule has 0 fully saturated rings. The second kappa shape index (κ2) is 11.7. The van der Waals surface area contributed by atoms with Crippen molar-refractivity contribution < 1.29 is 23.6 Å². The molecule has 1 amide bonds. The van der Waals surface area contributed by atoms with Crippen LogP contribution in [0.25, 0.3) is 5.69 Å². The van der Waals surface area contributed by atoms with Crippen molar-refractivity contribution in [3.05, 3.63) is 118 Å². The lowest BCUT2D eigenvalue weighted by Crippen LogP contribution is -2.16. The molecule has 2 aromatic carbocycles. The molecule has 1 N–H and O–H groups in total. The SMILES string of the molecule is C=CCOc1ccc(/C=N/NC(=O)c2ccc(COc3ccc(-n4c(C)ccc4C)cc3)o2)cc1[N+](=O)[O-]. The van der Waals surface area contributed by atoms with Crippen molar-refractivity contribution in [2.45, 2.75) is 20.5 Å². The van der Waals surface area contributed by atoms with Crippen LogP contribution in [0, 0.1) is 24.0 Å². The first-order valence-corrected chi connectivity index (χ1v) is 11.7. The number of carbonyl (C=O) groups is 1. The average molecular weight is 515 g/mol. The van der Waals surface area contributed by atoms with Crippen LogP contribution in [-0.2, 0) is 6.61 Å². The summed E-state index contributed by atoms with van der Waals surface area (Å²) in [6.07, 6.45) is 2.78. The molecule has 0 aliphatic heterocycles. The fourth-order valence-corrected chi connectivity index (χ4v) is 3.75.